The van der Waals surface area contributed by atoms with Crippen LogP contribution in [0.1, 0.15) is 18.3 Å². The van der Waals surface area contributed by atoms with Gasteiger partial charge in [-0.15, -0.1) is 0 Å². The molecule has 1 heterocycles. The minimum atomic E-state index is 0.930. The van der Waals surface area contributed by atoms with E-state index in [0.29, 0.717) is 0 Å². The first-order chi connectivity index (χ1) is 4.77. The van der Waals surface area contributed by atoms with Gasteiger partial charge >= 0.3 is 0 Å². The Bertz CT molecular complexity index is 235. The minimum absolute atomic E-state index is 0.930. The van der Waals surface area contributed by atoms with Crippen LogP contribution in [-0.4, -0.2) is 9.78 Å². The van der Waals surface area contributed by atoms with Gasteiger partial charge in [-0.2, -0.15) is 5.10 Å². The Balaban J connectivity index is 3.03. The van der Waals surface area contributed by atoms with Gasteiger partial charge in [-0.1, -0.05) is 6.58 Å². The largest absolute Gasteiger partial charge is 0.270 e. The Morgan fingerprint density at radius 3 is 2.80 bits per heavy atom. The van der Waals surface area contributed by atoms with Crippen molar-refractivity contribution < 1.29 is 0 Å². The predicted molar refractivity (Wildman–Crippen MR) is 42.7 cm³/mol. The molecule has 0 aromatic carbocycles. The molecule has 0 aliphatic rings. The molecular weight excluding hydrogens is 124 g/mol. The second-order valence-corrected chi connectivity index (χ2v) is 2.23. The summed E-state index contributed by atoms with van der Waals surface area (Å²) in [5.74, 6) is 0. The van der Waals surface area contributed by atoms with Gasteiger partial charge in [0.05, 0.1) is 5.69 Å². The SMILES string of the molecule is C=Cc1cc(C)n(CC)n1. The van der Waals surface area contributed by atoms with Gasteiger partial charge in [-0.25, -0.2) is 0 Å². The number of aryl methyl sites for hydroxylation is 2. The number of rotatable bonds is 2. The third-order valence-corrected chi connectivity index (χ3v) is 1.51. The summed E-state index contributed by atoms with van der Waals surface area (Å²) >= 11 is 0. The molecule has 54 valence electrons. The molecule has 2 heteroatoms. The molecule has 10 heavy (non-hydrogen) atoms. The third kappa shape index (κ3) is 1.10. The Morgan fingerprint density at radius 2 is 2.50 bits per heavy atom. The lowest BCUT2D eigenvalue weighted by atomic mass is 10.4. The highest BCUT2D eigenvalue weighted by Gasteiger charge is 1.96. The number of nitrogens with zero attached hydrogens (tertiary/aromatic N) is 2. The van der Waals surface area contributed by atoms with Crippen molar-refractivity contribution in [3.8, 4) is 0 Å². The molecule has 0 radical (unpaired) electrons. The van der Waals surface area contributed by atoms with Crippen molar-refractivity contribution in [3.63, 3.8) is 0 Å². The molecule has 0 amide bonds. The Kier molecular flexibility index (Phi) is 1.90. The van der Waals surface area contributed by atoms with E-state index in [2.05, 4.69) is 18.6 Å². The monoisotopic (exact) mass is 136 g/mol. The predicted octanol–water partition coefficient (Wildman–Crippen LogP) is 1.85. The molecule has 0 aliphatic carbocycles. The van der Waals surface area contributed by atoms with Gasteiger partial charge in [0, 0.05) is 12.2 Å². The van der Waals surface area contributed by atoms with E-state index in [1.165, 1.54) is 5.69 Å². The summed E-state index contributed by atoms with van der Waals surface area (Å²) in [5.41, 5.74) is 2.15. The van der Waals surface area contributed by atoms with E-state index in [4.69, 9.17) is 0 Å². The van der Waals surface area contributed by atoms with Crippen molar-refractivity contribution in [2.45, 2.75) is 20.4 Å². The second kappa shape index (κ2) is 2.69. The maximum absolute atomic E-state index is 4.25. The second-order valence-electron chi connectivity index (χ2n) is 2.23. The molecule has 2 nitrogen and oxygen atoms in total. The van der Waals surface area contributed by atoms with E-state index >= 15 is 0 Å². The first kappa shape index (κ1) is 7.06. The molecule has 0 bridgehead atoms. The van der Waals surface area contributed by atoms with Crippen LogP contribution >= 0.6 is 0 Å². The average Bonchev–Trinajstić information content (AvgIpc) is 2.30. The highest BCUT2D eigenvalue weighted by atomic mass is 15.3. The number of aromatic nitrogens is 2. The third-order valence-electron chi connectivity index (χ3n) is 1.51. The summed E-state index contributed by atoms with van der Waals surface area (Å²) in [6.07, 6.45) is 1.76. The fourth-order valence-electron chi connectivity index (χ4n) is 0.956. The van der Waals surface area contributed by atoms with Gasteiger partial charge in [-0.3, -0.25) is 4.68 Å². The van der Waals surface area contributed by atoms with Crippen molar-refractivity contribution in [2.75, 3.05) is 0 Å². The van der Waals surface area contributed by atoms with E-state index in [9.17, 15) is 0 Å². The van der Waals surface area contributed by atoms with Crippen LogP contribution in [0.4, 0.5) is 0 Å². The summed E-state index contributed by atoms with van der Waals surface area (Å²) < 4.78 is 1.96. The normalized spacial score (nSPS) is 9.80. The van der Waals surface area contributed by atoms with Crippen LogP contribution in [0.3, 0.4) is 0 Å². The average molecular weight is 136 g/mol. The first-order valence-corrected chi connectivity index (χ1v) is 3.44. The summed E-state index contributed by atoms with van der Waals surface area (Å²) in [4.78, 5) is 0. The fourth-order valence-corrected chi connectivity index (χ4v) is 0.956. The van der Waals surface area contributed by atoms with Crippen LogP contribution in [0.5, 0.6) is 0 Å². The van der Waals surface area contributed by atoms with Crippen molar-refractivity contribution in [3.05, 3.63) is 24.0 Å². The quantitative estimate of drug-likeness (QED) is 0.606. The van der Waals surface area contributed by atoms with Crippen molar-refractivity contribution in [1.29, 1.82) is 0 Å². The first-order valence-electron chi connectivity index (χ1n) is 3.44. The molecule has 0 N–H and O–H groups in total. The van der Waals surface area contributed by atoms with E-state index in [0.717, 1.165) is 12.2 Å². The molecule has 0 saturated carbocycles. The van der Waals surface area contributed by atoms with Crippen LogP contribution in [0.25, 0.3) is 6.08 Å². The Hall–Kier alpha value is -1.05. The molecule has 1 aromatic heterocycles. The maximum atomic E-state index is 4.25. The molecule has 1 rings (SSSR count). The summed E-state index contributed by atoms with van der Waals surface area (Å²) in [5, 5.41) is 4.25. The van der Waals surface area contributed by atoms with Crippen LogP contribution < -0.4 is 0 Å². The van der Waals surface area contributed by atoms with Gasteiger partial charge < -0.3 is 0 Å². The van der Waals surface area contributed by atoms with Gasteiger partial charge in [0.15, 0.2) is 0 Å². The lowest BCUT2D eigenvalue weighted by Gasteiger charge is -1.95. The summed E-state index contributed by atoms with van der Waals surface area (Å²) in [6, 6.07) is 2.02. The zero-order chi connectivity index (χ0) is 7.56. The molecule has 0 atom stereocenters. The van der Waals surface area contributed by atoms with Crippen molar-refractivity contribution >= 4 is 6.08 Å². The molecular formula is C8H12N2. The van der Waals surface area contributed by atoms with E-state index in [1.54, 1.807) is 6.08 Å². The minimum Gasteiger partial charge on any atom is -0.270 e. The van der Waals surface area contributed by atoms with E-state index in [1.807, 2.05) is 17.7 Å². The van der Waals surface area contributed by atoms with Crippen molar-refractivity contribution in [1.82, 2.24) is 9.78 Å². The molecule has 0 fully saturated rings. The molecule has 1 aromatic rings. The maximum Gasteiger partial charge on any atom is 0.0847 e. The smallest absolute Gasteiger partial charge is 0.0847 e. The topological polar surface area (TPSA) is 17.8 Å². The highest BCUT2D eigenvalue weighted by molar-refractivity contribution is 5.41. The van der Waals surface area contributed by atoms with Crippen LogP contribution in [0.15, 0.2) is 12.6 Å². The molecule has 0 unspecified atom stereocenters. The highest BCUT2D eigenvalue weighted by Crippen LogP contribution is 2.02. The van der Waals surface area contributed by atoms with Crippen molar-refractivity contribution in [2.24, 2.45) is 0 Å². The van der Waals surface area contributed by atoms with Gasteiger partial charge in [-0.05, 0) is 26.0 Å². The van der Waals surface area contributed by atoms with Gasteiger partial charge in [0.25, 0.3) is 0 Å². The van der Waals surface area contributed by atoms with E-state index in [-0.39, 0.29) is 0 Å². The molecule has 0 saturated heterocycles. The summed E-state index contributed by atoms with van der Waals surface area (Å²) in [7, 11) is 0. The zero-order valence-corrected chi connectivity index (χ0v) is 6.46. The van der Waals surface area contributed by atoms with E-state index < -0.39 is 0 Å². The molecule has 0 aliphatic heterocycles. The number of hydrogen-bond acceptors (Lipinski definition) is 1. The van der Waals surface area contributed by atoms with Crippen LogP contribution in [-0.2, 0) is 6.54 Å². The molecule has 0 spiro atoms. The Morgan fingerprint density at radius 1 is 1.80 bits per heavy atom. The lowest BCUT2D eigenvalue weighted by Crippen LogP contribution is -1.98. The van der Waals surface area contributed by atoms with Crippen LogP contribution in [0, 0.1) is 6.92 Å². The zero-order valence-electron chi connectivity index (χ0n) is 6.46. The standard InChI is InChI=1S/C8H12N2/c1-4-8-6-7(3)10(5-2)9-8/h4,6H,1,5H2,2-3H3. The lowest BCUT2D eigenvalue weighted by molar-refractivity contribution is 0.638. The van der Waals surface area contributed by atoms with Crippen LogP contribution in [0.2, 0.25) is 0 Å². The fraction of sp³-hybridized carbons (Fsp3) is 0.375. The number of hydrogen-bond donors (Lipinski definition) is 0. The van der Waals surface area contributed by atoms with Gasteiger partial charge in [0.2, 0.25) is 0 Å². The Labute approximate surface area is 61.2 Å². The van der Waals surface area contributed by atoms with Gasteiger partial charge in [0.1, 0.15) is 0 Å². The summed E-state index contributed by atoms with van der Waals surface area (Å²) in [6.45, 7) is 8.70.